The third-order valence-corrected chi connectivity index (χ3v) is 3.57. The number of para-hydroxylation sites is 1. The lowest BCUT2D eigenvalue weighted by Gasteiger charge is -2.27. The molecular weight excluding hydrogens is 236 g/mol. The van der Waals surface area contributed by atoms with Gasteiger partial charge in [-0.15, -0.1) is 0 Å². The van der Waals surface area contributed by atoms with E-state index in [0.29, 0.717) is 11.3 Å². The largest absolute Gasteiger partial charge is 0.326 e. The number of carbonyl (C=O) groups excluding carboxylic acids is 1. The molecule has 0 heterocycles. The number of amides is 1. The molecule has 0 bridgehead atoms. The fourth-order valence-corrected chi connectivity index (χ4v) is 1.72. The second kappa shape index (κ2) is 6.71. The van der Waals surface area contributed by atoms with Gasteiger partial charge in [0.1, 0.15) is 0 Å². The van der Waals surface area contributed by atoms with E-state index >= 15 is 0 Å². The number of carbonyl (C=O) groups is 1. The number of hydrogen-bond acceptors (Lipinski definition) is 2. The first-order valence-corrected chi connectivity index (χ1v) is 6.87. The van der Waals surface area contributed by atoms with Crippen molar-refractivity contribution in [3.8, 4) is 0 Å². The fraction of sp³-hybridized carbons (Fsp3) is 0.562. The van der Waals surface area contributed by atoms with Gasteiger partial charge in [-0.1, -0.05) is 45.9 Å². The summed E-state index contributed by atoms with van der Waals surface area (Å²) in [6.07, 6.45) is 0. The second-order valence-electron chi connectivity index (χ2n) is 6.24. The van der Waals surface area contributed by atoms with E-state index in [-0.39, 0.29) is 5.91 Å². The monoisotopic (exact) mass is 262 g/mol. The van der Waals surface area contributed by atoms with Crippen LogP contribution in [0.25, 0.3) is 0 Å². The molecule has 0 aliphatic rings. The summed E-state index contributed by atoms with van der Waals surface area (Å²) in [6, 6.07) is 7.91. The molecule has 0 aromatic heterocycles. The Kier molecular flexibility index (Phi) is 5.55. The highest BCUT2D eigenvalue weighted by atomic mass is 16.1. The summed E-state index contributed by atoms with van der Waals surface area (Å²) in [5.74, 6) is 0.566. The highest BCUT2D eigenvalue weighted by molar-refractivity contribution is 5.89. The van der Waals surface area contributed by atoms with Gasteiger partial charge in [0.25, 0.3) is 0 Å². The zero-order chi connectivity index (χ0) is 14.5. The van der Waals surface area contributed by atoms with Crippen molar-refractivity contribution >= 4 is 11.6 Å². The topological polar surface area (TPSA) is 41.1 Å². The summed E-state index contributed by atoms with van der Waals surface area (Å²) in [5.41, 5.74) is 2.33. The van der Waals surface area contributed by atoms with Crippen LogP contribution in [0.5, 0.6) is 0 Å². The van der Waals surface area contributed by atoms with Crippen LogP contribution in [0.3, 0.4) is 0 Å². The van der Waals surface area contributed by atoms with Crippen LogP contribution in [0.15, 0.2) is 24.3 Å². The van der Waals surface area contributed by atoms with Crippen LogP contribution in [0.4, 0.5) is 5.69 Å². The molecule has 19 heavy (non-hydrogen) atoms. The Morgan fingerprint density at radius 1 is 1.26 bits per heavy atom. The quantitative estimate of drug-likeness (QED) is 0.853. The molecule has 0 aliphatic heterocycles. The first-order chi connectivity index (χ1) is 8.80. The summed E-state index contributed by atoms with van der Waals surface area (Å²) in [4.78, 5) is 11.1. The van der Waals surface area contributed by atoms with Crippen LogP contribution in [-0.4, -0.2) is 12.5 Å². The summed E-state index contributed by atoms with van der Waals surface area (Å²) in [5, 5.41) is 6.33. The second-order valence-corrected chi connectivity index (χ2v) is 6.24. The lowest BCUT2D eigenvalue weighted by molar-refractivity contribution is -0.114. The van der Waals surface area contributed by atoms with Crippen molar-refractivity contribution in [1.29, 1.82) is 0 Å². The van der Waals surface area contributed by atoms with E-state index in [9.17, 15) is 4.79 Å². The van der Waals surface area contributed by atoms with Crippen molar-refractivity contribution in [3.05, 3.63) is 29.8 Å². The molecule has 0 saturated carbocycles. The minimum absolute atomic E-state index is 0.0319. The van der Waals surface area contributed by atoms with E-state index in [1.807, 2.05) is 24.3 Å². The molecule has 0 aliphatic carbocycles. The van der Waals surface area contributed by atoms with Crippen molar-refractivity contribution in [3.63, 3.8) is 0 Å². The Balaban J connectivity index is 2.56. The van der Waals surface area contributed by atoms with E-state index in [4.69, 9.17) is 0 Å². The minimum atomic E-state index is -0.0319. The predicted octanol–water partition coefficient (Wildman–Crippen LogP) is 3.42. The zero-order valence-corrected chi connectivity index (χ0v) is 12.7. The van der Waals surface area contributed by atoms with Crippen LogP contribution in [0, 0.1) is 11.3 Å². The highest BCUT2D eigenvalue weighted by Gasteiger charge is 2.19. The molecule has 1 aromatic carbocycles. The number of nitrogens with one attached hydrogen (secondary N) is 2. The molecule has 2 N–H and O–H groups in total. The van der Waals surface area contributed by atoms with Gasteiger partial charge in [0, 0.05) is 19.2 Å². The summed E-state index contributed by atoms with van der Waals surface area (Å²) >= 11 is 0. The molecule has 0 spiro atoms. The molecule has 1 rings (SSSR count). The smallest absolute Gasteiger partial charge is 0.221 e. The van der Waals surface area contributed by atoms with Crippen molar-refractivity contribution < 1.29 is 4.79 Å². The van der Waals surface area contributed by atoms with Gasteiger partial charge in [-0.05, 0) is 29.5 Å². The Hall–Kier alpha value is -1.35. The van der Waals surface area contributed by atoms with Gasteiger partial charge in [-0.2, -0.15) is 0 Å². The molecule has 0 saturated heterocycles. The first kappa shape index (κ1) is 15.7. The molecule has 1 aromatic rings. The number of rotatable bonds is 5. The zero-order valence-electron chi connectivity index (χ0n) is 12.7. The number of anilines is 1. The molecule has 0 fully saturated rings. The van der Waals surface area contributed by atoms with E-state index in [2.05, 4.69) is 38.3 Å². The van der Waals surface area contributed by atoms with Gasteiger partial charge >= 0.3 is 0 Å². The Bertz CT molecular complexity index is 421. The molecule has 1 amide bonds. The van der Waals surface area contributed by atoms with Crippen LogP contribution >= 0.6 is 0 Å². The standard InChI is InChI=1S/C16H26N2O/c1-12(16(3,4)5)10-17-11-14-8-6-7-9-15(14)18-13(2)19/h6-9,12,17H,10-11H2,1-5H3,(H,18,19). The molecular formula is C16H26N2O. The van der Waals surface area contributed by atoms with E-state index in [1.165, 1.54) is 6.92 Å². The summed E-state index contributed by atoms with van der Waals surface area (Å²) < 4.78 is 0. The SMILES string of the molecule is CC(=O)Nc1ccccc1CNCC(C)C(C)(C)C. The molecule has 0 radical (unpaired) electrons. The van der Waals surface area contributed by atoms with Crippen LogP contribution in [0.2, 0.25) is 0 Å². The number of benzene rings is 1. The summed E-state index contributed by atoms with van der Waals surface area (Å²) in [7, 11) is 0. The van der Waals surface area contributed by atoms with E-state index < -0.39 is 0 Å². The van der Waals surface area contributed by atoms with Gasteiger partial charge in [-0.3, -0.25) is 4.79 Å². The molecule has 1 atom stereocenters. The third-order valence-electron chi connectivity index (χ3n) is 3.57. The maximum Gasteiger partial charge on any atom is 0.221 e. The average Bonchev–Trinajstić information content (AvgIpc) is 2.29. The Labute approximate surface area is 116 Å². The Morgan fingerprint density at radius 2 is 1.89 bits per heavy atom. The fourth-order valence-electron chi connectivity index (χ4n) is 1.72. The Morgan fingerprint density at radius 3 is 2.47 bits per heavy atom. The molecule has 1 unspecified atom stereocenters. The van der Waals surface area contributed by atoms with Gasteiger partial charge in [0.15, 0.2) is 0 Å². The lowest BCUT2D eigenvalue weighted by Crippen LogP contribution is -2.29. The van der Waals surface area contributed by atoms with Crippen molar-refractivity contribution in [2.24, 2.45) is 11.3 Å². The minimum Gasteiger partial charge on any atom is -0.326 e. The van der Waals surface area contributed by atoms with E-state index in [0.717, 1.165) is 24.3 Å². The lowest BCUT2D eigenvalue weighted by atomic mass is 9.82. The molecule has 3 heteroatoms. The number of hydrogen-bond donors (Lipinski definition) is 2. The molecule has 3 nitrogen and oxygen atoms in total. The third kappa shape index (κ3) is 5.43. The maximum absolute atomic E-state index is 11.1. The van der Waals surface area contributed by atoms with Crippen molar-refractivity contribution in [2.75, 3.05) is 11.9 Å². The van der Waals surface area contributed by atoms with Gasteiger partial charge in [0.2, 0.25) is 5.91 Å². The normalized spacial score (nSPS) is 13.1. The van der Waals surface area contributed by atoms with E-state index in [1.54, 1.807) is 0 Å². The van der Waals surface area contributed by atoms with Crippen molar-refractivity contribution in [2.45, 2.75) is 41.2 Å². The van der Waals surface area contributed by atoms with Crippen LogP contribution < -0.4 is 10.6 Å². The van der Waals surface area contributed by atoms with Crippen LogP contribution in [0.1, 0.15) is 40.2 Å². The summed E-state index contributed by atoms with van der Waals surface area (Å²) in [6.45, 7) is 12.3. The average molecular weight is 262 g/mol. The maximum atomic E-state index is 11.1. The van der Waals surface area contributed by atoms with Gasteiger partial charge < -0.3 is 10.6 Å². The molecule has 106 valence electrons. The van der Waals surface area contributed by atoms with Crippen LogP contribution in [-0.2, 0) is 11.3 Å². The highest BCUT2D eigenvalue weighted by Crippen LogP contribution is 2.24. The van der Waals surface area contributed by atoms with Gasteiger partial charge in [-0.25, -0.2) is 0 Å². The first-order valence-electron chi connectivity index (χ1n) is 6.87. The predicted molar refractivity (Wildman–Crippen MR) is 81.1 cm³/mol. The van der Waals surface area contributed by atoms with Crippen molar-refractivity contribution in [1.82, 2.24) is 5.32 Å². The van der Waals surface area contributed by atoms with Gasteiger partial charge in [0.05, 0.1) is 0 Å².